The Kier molecular flexibility index (Phi) is 5.37. The number of likely N-dealkylation sites (tertiary alicyclic amines) is 1. The van der Waals surface area contributed by atoms with Crippen LogP contribution in [0.2, 0.25) is 10.0 Å². The first-order valence-electron chi connectivity index (χ1n) is 10.4. The number of carbonyl (C=O) groups is 1. The van der Waals surface area contributed by atoms with Gasteiger partial charge in [-0.3, -0.25) is 19.1 Å². The molecule has 1 saturated heterocycles. The second-order valence-corrected chi connectivity index (χ2v) is 9.36. The number of pyridine rings is 1. The summed E-state index contributed by atoms with van der Waals surface area (Å²) >= 11 is 12.1. The minimum absolute atomic E-state index is 0.103. The molecular weight excluding hydrogens is 468 g/mol. The molecule has 1 saturated carbocycles. The fraction of sp³-hybridized carbons (Fsp3) is 0.304. The quantitative estimate of drug-likeness (QED) is 0.563. The molecule has 2 aliphatic rings. The van der Waals surface area contributed by atoms with Crippen LogP contribution in [0.5, 0.6) is 0 Å². The molecule has 10 heteroatoms. The van der Waals surface area contributed by atoms with E-state index in [1.54, 1.807) is 30.1 Å². The molecule has 3 heterocycles. The Hall–Kier alpha value is -2.97. The summed E-state index contributed by atoms with van der Waals surface area (Å²) < 4.78 is 15.7. The summed E-state index contributed by atoms with van der Waals surface area (Å²) in [6.07, 6.45) is 2.56. The van der Waals surface area contributed by atoms with Crippen molar-refractivity contribution in [3.63, 3.8) is 0 Å². The van der Waals surface area contributed by atoms with E-state index in [1.165, 1.54) is 22.9 Å². The van der Waals surface area contributed by atoms with E-state index in [2.05, 4.69) is 9.97 Å². The molecule has 5 rings (SSSR count). The highest BCUT2D eigenvalue weighted by atomic mass is 35.5. The van der Waals surface area contributed by atoms with E-state index >= 15 is 0 Å². The van der Waals surface area contributed by atoms with E-state index in [9.17, 15) is 14.0 Å². The fourth-order valence-electron chi connectivity index (χ4n) is 4.79. The number of aromatic nitrogens is 3. The van der Waals surface area contributed by atoms with Crippen molar-refractivity contribution in [1.29, 1.82) is 0 Å². The number of amides is 1. The van der Waals surface area contributed by atoms with Gasteiger partial charge in [-0.25, -0.2) is 9.37 Å². The number of benzene rings is 1. The molecule has 1 aromatic carbocycles. The third kappa shape index (κ3) is 3.87. The number of fused-ring (bicyclic) bond motifs is 1. The number of anilines is 1. The van der Waals surface area contributed by atoms with Crippen molar-refractivity contribution in [3.05, 3.63) is 74.5 Å². The molecule has 2 fully saturated rings. The van der Waals surface area contributed by atoms with Crippen LogP contribution < -0.4 is 10.5 Å². The molecule has 170 valence electrons. The normalized spacial score (nSPS) is 21.1. The number of hydrogen-bond acceptors (Lipinski definition) is 5. The van der Waals surface area contributed by atoms with Crippen molar-refractivity contribution < 1.29 is 9.18 Å². The molecule has 0 unspecified atom stereocenters. The molecule has 0 spiro atoms. The van der Waals surface area contributed by atoms with Crippen molar-refractivity contribution in [1.82, 2.24) is 19.4 Å². The lowest BCUT2D eigenvalue weighted by molar-refractivity contribution is 0.0772. The number of carbonyl (C=O) groups excluding carboxylic acids is 1. The number of halogens is 3. The lowest BCUT2D eigenvalue weighted by atomic mass is 10.2. The Morgan fingerprint density at radius 1 is 1.15 bits per heavy atom. The zero-order valence-corrected chi connectivity index (χ0v) is 19.4. The second-order valence-electron chi connectivity index (χ2n) is 8.49. The van der Waals surface area contributed by atoms with Crippen LogP contribution in [0.15, 0.2) is 47.5 Å². The monoisotopic (exact) mass is 487 g/mol. The molecule has 1 aliphatic heterocycles. The van der Waals surface area contributed by atoms with Crippen LogP contribution in [0.1, 0.15) is 10.4 Å². The molecule has 0 N–H and O–H groups in total. The van der Waals surface area contributed by atoms with Gasteiger partial charge in [0.05, 0.1) is 11.9 Å². The molecule has 3 aromatic rings. The molecule has 0 bridgehead atoms. The van der Waals surface area contributed by atoms with Crippen molar-refractivity contribution in [2.75, 3.05) is 25.0 Å². The Labute approximate surface area is 199 Å². The van der Waals surface area contributed by atoms with Gasteiger partial charge in [-0.05, 0) is 24.3 Å². The molecule has 33 heavy (non-hydrogen) atoms. The predicted molar refractivity (Wildman–Crippen MR) is 124 cm³/mol. The predicted octanol–water partition coefficient (Wildman–Crippen LogP) is 3.50. The molecular formula is C23H20Cl2FN5O2. The highest BCUT2D eigenvalue weighted by Gasteiger charge is 2.59. The standard InChI is InChI=1S/C23H20Cl2FN5O2/c1-29-20(32)8-19(15-3-4-27-9-18(15)26)28-23(29)30(2)21-16-10-31(11-17(16)21)22(33)12-5-13(24)7-14(25)6-12/h3-9,16-17,21H,10-11H2,1-2H3/t16-,17+,21-. The first-order valence-corrected chi connectivity index (χ1v) is 11.2. The van der Waals surface area contributed by atoms with Gasteiger partial charge in [-0.15, -0.1) is 0 Å². The molecule has 1 amide bonds. The molecule has 0 radical (unpaired) electrons. The van der Waals surface area contributed by atoms with E-state index in [4.69, 9.17) is 23.2 Å². The summed E-state index contributed by atoms with van der Waals surface area (Å²) in [6, 6.07) is 7.78. The summed E-state index contributed by atoms with van der Waals surface area (Å²) in [4.78, 5) is 37.6. The van der Waals surface area contributed by atoms with E-state index in [0.29, 0.717) is 34.6 Å². The molecule has 2 aromatic heterocycles. The van der Waals surface area contributed by atoms with E-state index in [0.717, 1.165) is 6.20 Å². The SMILES string of the molecule is CN(c1nc(-c2ccncc2F)cc(=O)n1C)[C@@H]1[C@@H]2CN(C(=O)c3cc(Cl)cc(Cl)c3)C[C@@H]21. The van der Waals surface area contributed by atoms with Gasteiger partial charge in [-0.1, -0.05) is 23.2 Å². The average molecular weight is 488 g/mol. The third-order valence-corrected chi connectivity index (χ3v) is 6.90. The highest BCUT2D eigenvalue weighted by molar-refractivity contribution is 6.35. The number of hydrogen-bond donors (Lipinski definition) is 0. The maximum atomic E-state index is 14.2. The molecule has 7 nitrogen and oxygen atoms in total. The van der Waals surface area contributed by atoms with Crippen LogP contribution in [0, 0.1) is 17.7 Å². The minimum Gasteiger partial charge on any atom is -0.342 e. The van der Waals surface area contributed by atoms with Gasteiger partial charge in [0.2, 0.25) is 5.95 Å². The van der Waals surface area contributed by atoms with Crippen molar-refractivity contribution in [2.45, 2.75) is 6.04 Å². The minimum atomic E-state index is -0.537. The third-order valence-electron chi connectivity index (χ3n) is 6.47. The van der Waals surface area contributed by atoms with Gasteiger partial charge in [0.25, 0.3) is 11.5 Å². The lowest BCUT2D eigenvalue weighted by Gasteiger charge is -2.26. The summed E-state index contributed by atoms with van der Waals surface area (Å²) in [7, 11) is 3.52. The first-order chi connectivity index (χ1) is 15.7. The number of rotatable bonds is 4. The van der Waals surface area contributed by atoms with Crippen LogP contribution >= 0.6 is 23.2 Å². The van der Waals surface area contributed by atoms with E-state index in [-0.39, 0.29) is 40.6 Å². The van der Waals surface area contributed by atoms with Gasteiger partial charge < -0.3 is 9.80 Å². The summed E-state index contributed by atoms with van der Waals surface area (Å²) in [5.74, 6) is 0.324. The Morgan fingerprint density at radius 3 is 2.45 bits per heavy atom. The first kappa shape index (κ1) is 21.9. The second kappa shape index (κ2) is 8.11. The summed E-state index contributed by atoms with van der Waals surface area (Å²) in [5, 5.41) is 0.843. The highest BCUT2D eigenvalue weighted by Crippen LogP contribution is 2.49. The zero-order valence-electron chi connectivity index (χ0n) is 17.9. The van der Waals surface area contributed by atoms with Crippen molar-refractivity contribution in [3.8, 4) is 11.3 Å². The average Bonchev–Trinajstić information content (AvgIpc) is 3.27. The number of nitrogens with zero attached hydrogens (tertiary/aromatic N) is 5. The fourth-order valence-corrected chi connectivity index (χ4v) is 5.32. The molecule has 1 aliphatic carbocycles. The van der Waals surface area contributed by atoms with Gasteiger partial charge in [0.1, 0.15) is 0 Å². The van der Waals surface area contributed by atoms with Gasteiger partial charge in [-0.2, -0.15) is 0 Å². The maximum Gasteiger partial charge on any atom is 0.255 e. The summed E-state index contributed by atoms with van der Waals surface area (Å²) in [5.41, 5.74) is 0.680. The van der Waals surface area contributed by atoms with Crippen molar-refractivity contribution >= 4 is 35.1 Å². The van der Waals surface area contributed by atoms with Crippen LogP contribution in [0.4, 0.5) is 10.3 Å². The largest absolute Gasteiger partial charge is 0.342 e. The Balaban J connectivity index is 1.35. The lowest BCUT2D eigenvalue weighted by Crippen LogP contribution is -2.38. The van der Waals surface area contributed by atoms with Gasteiger partial charge in [0, 0.05) is 78.5 Å². The van der Waals surface area contributed by atoms with Crippen LogP contribution in [0.3, 0.4) is 0 Å². The van der Waals surface area contributed by atoms with E-state index in [1.807, 2.05) is 11.9 Å². The summed E-state index contributed by atoms with van der Waals surface area (Å²) in [6.45, 7) is 1.19. The number of piperidine rings is 1. The van der Waals surface area contributed by atoms with Gasteiger partial charge >= 0.3 is 0 Å². The van der Waals surface area contributed by atoms with Crippen LogP contribution in [-0.2, 0) is 7.05 Å². The topological polar surface area (TPSA) is 71.3 Å². The smallest absolute Gasteiger partial charge is 0.255 e. The molecule has 3 atom stereocenters. The van der Waals surface area contributed by atoms with Crippen molar-refractivity contribution in [2.24, 2.45) is 18.9 Å². The zero-order chi connectivity index (χ0) is 23.4. The Morgan fingerprint density at radius 2 is 1.82 bits per heavy atom. The van der Waals surface area contributed by atoms with Crippen LogP contribution in [0.25, 0.3) is 11.3 Å². The van der Waals surface area contributed by atoms with E-state index < -0.39 is 5.82 Å². The van der Waals surface area contributed by atoms with Gasteiger partial charge in [0.15, 0.2) is 5.82 Å². The Bertz CT molecular complexity index is 1300. The maximum absolute atomic E-state index is 14.2. The van der Waals surface area contributed by atoms with Crippen LogP contribution in [-0.4, -0.2) is 51.5 Å².